The Hall–Kier alpha value is -0.840. The average Bonchev–Trinajstić information content (AvgIpc) is 2.36. The van der Waals surface area contributed by atoms with E-state index >= 15 is 0 Å². The lowest BCUT2D eigenvalue weighted by Crippen LogP contribution is -2.31. The van der Waals surface area contributed by atoms with Gasteiger partial charge in [0.25, 0.3) is 0 Å². The van der Waals surface area contributed by atoms with Crippen molar-refractivity contribution >= 4 is 27.6 Å². The van der Waals surface area contributed by atoms with Gasteiger partial charge in [-0.25, -0.2) is 9.97 Å². The van der Waals surface area contributed by atoms with Gasteiger partial charge in [0, 0.05) is 19.6 Å². The minimum absolute atomic E-state index is 0.449. The van der Waals surface area contributed by atoms with Crippen LogP contribution in [0.5, 0.6) is 0 Å². The smallest absolute Gasteiger partial charge is 0.148 e. The summed E-state index contributed by atoms with van der Waals surface area (Å²) in [5.74, 6) is 2.49. The fourth-order valence-electron chi connectivity index (χ4n) is 2.02. The zero-order valence-electron chi connectivity index (χ0n) is 12.6. The van der Waals surface area contributed by atoms with Crippen molar-refractivity contribution in [3.8, 4) is 0 Å². The van der Waals surface area contributed by atoms with Gasteiger partial charge in [-0.05, 0) is 41.6 Å². The van der Waals surface area contributed by atoms with Crippen LogP contribution >= 0.6 is 15.9 Å². The maximum atomic E-state index is 4.40. The SMILES string of the molecule is CCCNc1ncnc(N(C)C(C)CC(C)C)c1Br. The third-order valence-corrected chi connectivity index (χ3v) is 3.85. The maximum Gasteiger partial charge on any atom is 0.148 e. The third-order valence-electron chi connectivity index (χ3n) is 3.12. The molecule has 1 heterocycles. The molecule has 1 unspecified atom stereocenters. The molecule has 0 fully saturated rings. The molecular weight excluding hydrogens is 304 g/mol. The zero-order valence-corrected chi connectivity index (χ0v) is 14.2. The third kappa shape index (κ3) is 4.64. The van der Waals surface area contributed by atoms with E-state index in [2.05, 4.69) is 70.9 Å². The Kier molecular flexibility index (Phi) is 6.55. The van der Waals surface area contributed by atoms with Gasteiger partial charge in [-0.1, -0.05) is 20.8 Å². The van der Waals surface area contributed by atoms with Gasteiger partial charge in [0.05, 0.1) is 0 Å². The van der Waals surface area contributed by atoms with Crippen molar-refractivity contribution in [3.63, 3.8) is 0 Å². The molecule has 5 heteroatoms. The van der Waals surface area contributed by atoms with Crippen molar-refractivity contribution in [2.75, 3.05) is 23.8 Å². The predicted molar refractivity (Wildman–Crippen MR) is 85.8 cm³/mol. The molecule has 0 aliphatic carbocycles. The first-order valence-electron chi connectivity index (χ1n) is 6.94. The fraction of sp³-hybridized carbons (Fsp3) is 0.714. The lowest BCUT2D eigenvalue weighted by molar-refractivity contribution is 0.501. The monoisotopic (exact) mass is 328 g/mol. The second-order valence-electron chi connectivity index (χ2n) is 5.38. The summed E-state index contributed by atoms with van der Waals surface area (Å²) >= 11 is 3.62. The normalized spacial score (nSPS) is 12.6. The van der Waals surface area contributed by atoms with Gasteiger partial charge in [0.2, 0.25) is 0 Å². The van der Waals surface area contributed by atoms with Gasteiger partial charge in [-0.3, -0.25) is 0 Å². The minimum Gasteiger partial charge on any atom is -0.369 e. The van der Waals surface area contributed by atoms with Crippen LogP contribution in [0.3, 0.4) is 0 Å². The van der Waals surface area contributed by atoms with Crippen LogP contribution in [0.15, 0.2) is 10.8 Å². The van der Waals surface area contributed by atoms with Crippen LogP contribution in [0.25, 0.3) is 0 Å². The van der Waals surface area contributed by atoms with E-state index in [9.17, 15) is 0 Å². The first-order valence-corrected chi connectivity index (χ1v) is 7.73. The van der Waals surface area contributed by atoms with Crippen molar-refractivity contribution < 1.29 is 0 Å². The number of hydrogen-bond acceptors (Lipinski definition) is 4. The van der Waals surface area contributed by atoms with Crippen LogP contribution in [0, 0.1) is 5.92 Å². The van der Waals surface area contributed by atoms with Gasteiger partial charge >= 0.3 is 0 Å². The predicted octanol–water partition coefficient (Wildman–Crippen LogP) is 3.93. The molecule has 1 N–H and O–H groups in total. The molecule has 0 aliphatic heterocycles. The summed E-state index contributed by atoms with van der Waals surface area (Å²) in [5.41, 5.74) is 0. The van der Waals surface area contributed by atoms with E-state index in [1.165, 1.54) is 0 Å². The van der Waals surface area contributed by atoms with Gasteiger partial charge in [-0.2, -0.15) is 0 Å². The molecule has 108 valence electrons. The molecule has 4 nitrogen and oxygen atoms in total. The van der Waals surface area contributed by atoms with Gasteiger partial charge in [-0.15, -0.1) is 0 Å². The molecule has 0 aliphatic rings. The highest BCUT2D eigenvalue weighted by molar-refractivity contribution is 9.10. The first-order chi connectivity index (χ1) is 8.97. The highest BCUT2D eigenvalue weighted by atomic mass is 79.9. The maximum absolute atomic E-state index is 4.40. The number of rotatable bonds is 7. The summed E-state index contributed by atoms with van der Waals surface area (Å²) in [5, 5.41) is 3.31. The number of halogens is 1. The van der Waals surface area contributed by atoms with E-state index in [1.807, 2.05) is 0 Å². The molecule has 0 saturated carbocycles. The average molecular weight is 329 g/mol. The summed E-state index contributed by atoms with van der Waals surface area (Å²) in [6.45, 7) is 9.77. The van der Waals surface area contributed by atoms with Crippen LogP contribution < -0.4 is 10.2 Å². The van der Waals surface area contributed by atoms with E-state index in [0.29, 0.717) is 12.0 Å². The van der Waals surface area contributed by atoms with Crippen LogP contribution in [-0.4, -0.2) is 29.6 Å². The molecule has 0 aromatic carbocycles. The Morgan fingerprint density at radius 1 is 1.32 bits per heavy atom. The number of nitrogens with one attached hydrogen (secondary N) is 1. The first kappa shape index (κ1) is 16.2. The Balaban J connectivity index is 2.87. The van der Waals surface area contributed by atoms with E-state index in [4.69, 9.17) is 0 Å². The molecule has 0 radical (unpaired) electrons. The Morgan fingerprint density at radius 3 is 2.58 bits per heavy atom. The Morgan fingerprint density at radius 2 is 2.00 bits per heavy atom. The molecule has 19 heavy (non-hydrogen) atoms. The second kappa shape index (κ2) is 7.68. The van der Waals surface area contributed by atoms with Gasteiger partial charge in [0.15, 0.2) is 0 Å². The van der Waals surface area contributed by atoms with Crippen molar-refractivity contribution in [2.45, 2.75) is 46.6 Å². The van der Waals surface area contributed by atoms with Gasteiger partial charge in [0.1, 0.15) is 22.4 Å². The molecule has 0 amide bonds. The van der Waals surface area contributed by atoms with Crippen LogP contribution in [0.1, 0.15) is 40.5 Å². The molecule has 1 atom stereocenters. The summed E-state index contributed by atoms with van der Waals surface area (Å²) in [6, 6.07) is 0.449. The van der Waals surface area contributed by atoms with E-state index in [1.54, 1.807) is 6.33 Å². The van der Waals surface area contributed by atoms with Crippen molar-refractivity contribution in [1.29, 1.82) is 0 Å². The quantitative estimate of drug-likeness (QED) is 0.823. The van der Waals surface area contributed by atoms with Crippen molar-refractivity contribution in [1.82, 2.24) is 9.97 Å². The Labute approximate surface area is 125 Å². The number of hydrogen-bond donors (Lipinski definition) is 1. The fourth-order valence-corrected chi connectivity index (χ4v) is 2.65. The van der Waals surface area contributed by atoms with E-state index < -0.39 is 0 Å². The van der Waals surface area contributed by atoms with E-state index in [-0.39, 0.29) is 0 Å². The van der Waals surface area contributed by atoms with Crippen LogP contribution in [-0.2, 0) is 0 Å². The van der Waals surface area contributed by atoms with Crippen LogP contribution in [0.4, 0.5) is 11.6 Å². The van der Waals surface area contributed by atoms with Crippen molar-refractivity contribution in [2.24, 2.45) is 5.92 Å². The number of anilines is 2. The van der Waals surface area contributed by atoms with E-state index in [0.717, 1.165) is 35.5 Å². The number of nitrogens with zero attached hydrogens (tertiary/aromatic N) is 3. The standard InChI is InChI=1S/C14H25BrN4/c1-6-7-16-13-12(15)14(18-9-17-13)19(5)11(4)8-10(2)3/h9-11H,6-8H2,1-5H3,(H,16,17,18). The molecular formula is C14H25BrN4. The highest BCUT2D eigenvalue weighted by Gasteiger charge is 2.17. The second-order valence-corrected chi connectivity index (χ2v) is 6.17. The summed E-state index contributed by atoms with van der Waals surface area (Å²) in [6.07, 6.45) is 3.84. The summed E-state index contributed by atoms with van der Waals surface area (Å²) < 4.78 is 0.946. The molecule has 0 saturated heterocycles. The number of aromatic nitrogens is 2. The molecule has 1 rings (SSSR count). The highest BCUT2D eigenvalue weighted by Crippen LogP contribution is 2.30. The lowest BCUT2D eigenvalue weighted by atomic mass is 10.0. The molecule has 0 bridgehead atoms. The topological polar surface area (TPSA) is 41.1 Å². The van der Waals surface area contributed by atoms with Gasteiger partial charge < -0.3 is 10.2 Å². The molecule has 1 aromatic rings. The van der Waals surface area contributed by atoms with Crippen LogP contribution in [0.2, 0.25) is 0 Å². The van der Waals surface area contributed by atoms with Crippen molar-refractivity contribution in [3.05, 3.63) is 10.8 Å². The largest absolute Gasteiger partial charge is 0.369 e. The zero-order chi connectivity index (χ0) is 14.4. The summed E-state index contributed by atoms with van der Waals surface area (Å²) in [7, 11) is 2.09. The summed E-state index contributed by atoms with van der Waals surface area (Å²) in [4.78, 5) is 10.9. The molecule has 0 spiro atoms. The Bertz CT molecular complexity index is 395. The minimum atomic E-state index is 0.449. The molecule has 1 aromatic heterocycles. The lowest BCUT2D eigenvalue weighted by Gasteiger charge is -2.28.